The van der Waals surface area contributed by atoms with E-state index in [0.717, 1.165) is 16.9 Å². The minimum atomic E-state index is -0.831. The molecular weight excluding hydrogens is 438 g/mol. The summed E-state index contributed by atoms with van der Waals surface area (Å²) in [6.45, 7) is 2.28. The maximum Gasteiger partial charge on any atom is 0.295 e. The van der Waals surface area contributed by atoms with Gasteiger partial charge in [-0.25, -0.2) is 0 Å². The average molecular weight is 464 g/mol. The molecule has 1 aromatic heterocycles. The van der Waals surface area contributed by atoms with Gasteiger partial charge in [0.05, 0.1) is 32.4 Å². The Balaban J connectivity index is 1.92. The molecule has 0 radical (unpaired) electrons. The molecule has 4 rings (SSSR count). The van der Waals surface area contributed by atoms with Crippen LogP contribution in [0.25, 0.3) is 5.76 Å². The summed E-state index contributed by atoms with van der Waals surface area (Å²) in [5, 5.41) is 13.2. The molecule has 0 saturated carbocycles. The summed E-state index contributed by atoms with van der Waals surface area (Å²) in [5.74, 6) is -0.706. The summed E-state index contributed by atoms with van der Waals surface area (Å²) in [6.07, 6.45) is 0.854. The first kappa shape index (κ1) is 22.6. The van der Waals surface area contributed by atoms with Crippen molar-refractivity contribution in [1.82, 2.24) is 4.90 Å². The zero-order valence-electron chi connectivity index (χ0n) is 18.7. The van der Waals surface area contributed by atoms with E-state index in [9.17, 15) is 14.7 Å². The van der Waals surface area contributed by atoms with Gasteiger partial charge in [0.15, 0.2) is 11.5 Å². The summed E-state index contributed by atoms with van der Waals surface area (Å²) in [6, 6.07) is 15.6. The second kappa shape index (κ2) is 9.50. The molecule has 1 fully saturated rings. The van der Waals surface area contributed by atoms with Crippen molar-refractivity contribution >= 4 is 28.8 Å². The first-order valence-corrected chi connectivity index (χ1v) is 11.5. The number of para-hydroxylation sites is 1. The molecule has 1 aliphatic rings. The van der Waals surface area contributed by atoms with Crippen molar-refractivity contribution in [2.75, 3.05) is 14.2 Å². The maximum absolute atomic E-state index is 13.2. The van der Waals surface area contributed by atoms with Gasteiger partial charge in [0.1, 0.15) is 5.76 Å². The molecule has 1 atom stereocenters. The molecule has 1 amide bonds. The van der Waals surface area contributed by atoms with Crippen molar-refractivity contribution < 1.29 is 24.2 Å². The largest absolute Gasteiger partial charge is 0.507 e. The smallest absolute Gasteiger partial charge is 0.295 e. The van der Waals surface area contributed by atoms with Gasteiger partial charge in [-0.05, 0) is 29.5 Å². The predicted octanol–water partition coefficient (Wildman–Crippen LogP) is 4.95. The third-order valence-corrected chi connectivity index (χ3v) is 6.67. The number of ether oxygens (including phenoxy) is 2. The number of carbonyl (C=O) groups excluding carboxylic acids is 2. The Hall–Kier alpha value is -3.58. The molecule has 7 heteroatoms. The van der Waals surface area contributed by atoms with Gasteiger partial charge in [0.2, 0.25) is 0 Å². The molecule has 0 spiro atoms. The summed E-state index contributed by atoms with van der Waals surface area (Å²) >= 11 is 1.50. The number of amides is 1. The van der Waals surface area contributed by atoms with E-state index in [1.54, 1.807) is 30.3 Å². The molecule has 0 aliphatic carbocycles. The monoisotopic (exact) mass is 463 g/mol. The van der Waals surface area contributed by atoms with Crippen molar-refractivity contribution in [3.63, 3.8) is 0 Å². The van der Waals surface area contributed by atoms with Gasteiger partial charge in [0.25, 0.3) is 11.7 Å². The van der Waals surface area contributed by atoms with Crippen molar-refractivity contribution in [3.05, 3.63) is 87.1 Å². The molecule has 2 heterocycles. The third kappa shape index (κ3) is 4.12. The van der Waals surface area contributed by atoms with E-state index in [1.165, 1.54) is 30.5 Å². The molecule has 1 unspecified atom stereocenters. The van der Waals surface area contributed by atoms with Gasteiger partial charge in [0, 0.05) is 16.0 Å². The van der Waals surface area contributed by atoms with Gasteiger partial charge >= 0.3 is 0 Å². The molecule has 6 nitrogen and oxygen atoms in total. The van der Waals surface area contributed by atoms with Crippen LogP contribution in [0.1, 0.15) is 34.5 Å². The Kier molecular flexibility index (Phi) is 6.51. The fraction of sp³-hybridized carbons (Fsp3) is 0.231. The average Bonchev–Trinajstić information content (AvgIpc) is 3.45. The first-order chi connectivity index (χ1) is 16.0. The SMILES string of the molecule is CCc1ccc(/C(O)=C2\C(=O)C(=O)N(Cc3cccs3)C2c2cccc(OC)c2OC)cc1. The fourth-order valence-corrected chi connectivity index (χ4v) is 4.82. The summed E-state index contributed by atoms with van der Waals surface area (Å²) in [5.41, 5.74) is 2.19. The lowest BCUT2D eigenvalue weighted by atomic mass is 9.94. The van der Waals surface area contributed by atoms with Crippen LogP contribution < -0.4 is 9.47 Å². The van der Waals surface area contributed by atoms with E-state index < -0.39 is 17.7 Å². The number of hydrogen-bond donors (Lipinski definition) is 1. The number of Topliss-reactive ketones (excluding diaryl/α,β-unsaturated/α-hetero) is 1. The Labute approximate surface area is 196 Å². The maximum atomic E-state index is 13.2. The number of ketones is 1. The molecule has 33 heavy (non-hydrogen) atoms. The number of hydrogen-bond acceptors (Lipinski definition) is 6. The zero-order chi connectivity index (χ0) is 23.5. The molecule has 1 saturated heterocycles. The highest BCUT2D eigenvalue weighted by Crippen LogP contribution is 2.46. The van der Waals surface area contributed by atoms with Crippen LogP contribution >= 0.6 is 11.3 Å². The normalized spacial score (nSPS) is 17.4. The van der Waals surface area contributed by atoms with Crippen molar-refractivity contribution in [3.8, 4) is 11.5 Å². The van der Waals surface area contributed by atoms with Gasteiger partial charge < -0.3 is 19.5 Å². The number of carbonyl (C=O) groups is 2. The van der Waals surface area contributed by atoms with Crippen LogP contribution in [0.5, 0.6) is 11.5 Å². The zero-order valence-corrected chi connectivity index (χ0v) is 19.5. The number of benzene rings is 2. The predicted molar refractivity (Wildman–Crippen MR) is 128 cm³/mol. The molecule has 170 valence electrons. The first-order valence-electron chi connectivity index (χ1n) is 10.6. The number of thiophene rings is 1. The minimum Gasteiger partial charge on any atom is -0.507 e. The summed E-state index contributed by atoms with van der Waals surface area (Å²) in [4.78, 5) is 28.8. The number of methoxy groups -OCH3 is 2. The summed E-state index contributed by atoms with van der Waals surface area (Å²) in [7, 11) is 3.04. The van der Waals surface area contributed by atoms with E-state index in [1.807, 2.05) is 36.6 Å². The minimum absolute atomic E-state index is 0.0346. The van der Waals surface area contributed by atoms with Crippen LogP contribution in [0.4, 0.5) is 0 Å². The van der Waals surface area contributed by atoms with Gasteiger partial charge in [-0.3, -0.25) is 9.59 Å². The van der Waals surface area contributed by atoms with Crippen molar-refractivity contribution in [1.29, 1.82) is 0 Å². The molecule has 1 aliphatic heterocycles. The van der Waals surface area contributed by atoms with E-state index in [4.69, 9.17) is 9.47 Å². The van der Waals surface area contributed by atoms with Crippen LogP contribution in [0.3, 0.4) is 0 Å². The highest BCUT2D eigenvalue weighted by atomic mass is 32.1. The Morgan fingerprint density at radius 1 is 1.03 bits per heavy atom. The highest BCUT2D eigenvalue weighted by molar-refractivity contribution is 7.09. The Morgan fingerprint density at radius 3 is 2.39 bits per heavy atom. The highest BCUT2D eigenvalue weighted by Gasteiger charge is 2.47. The molecule has 2 aromatic carbocycles. The van der Waals surface area contributed by atoms with Gasteiger partial charge in [-0.2, -0.15) is 0 Å². The quantitative estimate of drug-likeness (QED) is 0.305. The van der Waals surface area contributed by atoms with E-state index in [0.29, 0.717) is 22.6 Å². The lowest BCUT2D eigenvalue weighted by molar-refractivity contribution is -0.140. The number of aliphatic hydroxyl groups is 1. The Morgan fingerprint density at radius 2 is 1.79 bits per heavy atom. The van der Waals surface area contributed by atoms with Gasteiger partial charge in [-0.1, -0.05) is 49.4 Å². The van der Waals surface area contributed by atoms with Crippen LogP contribution in [0.15, 0.2) is 65.6 Å². The van der Waals surface area contributed by atoms with E-state index in [2.05, 4.69) is 0 Å². The van der Waals surface area contributed by atoms with E-state index >= 15 is 0 Å². The lowest BCUT2D eigenvalue weighted by Gasteiger charge is -2.26. The molecular formula is C26H25NO5S. The van der Waals surface area contributed by atoms with E-state index in [-0.39, 0.29) is 17.9 Å². The van der Waals surface area contributed by atoms with Gasteiger partial charge in [-0.15, -0.1) is 11.3 Å². The number of likely N-dealkylation sites (tertiary alicyclic amines) is 1. The number of nitrogens with zero attached hydrogens (tertiary/aromatic N) is 1. The Bertz CT molecular complexity index is 1200. The third-order valence-electron chi connectivity index (χ3n) is 5.81. The topological polar surface area (TPSA) is 76.1 Å². The van der Waals surface area contributed by atoms with Crippen LogP contribution in [-0.4, -0.2) is 35.9 Å². The summed E-state index contributed by atoms with van der Waals surface area (Å²) < 4.78 is 11.1. The lowest BCUT2D eigenvalue weighted by Crippen LogP contribution is -2.29. The molecule has 1 N–H and O–H groups in total. The number of aryl methyl sites for hydroxylation is 1. The van der Waals surface area contributed by atoms with Crippen LogP contribution in [0, 0.1) is 0 Å². The number of aliphatic hydroxyl groups excluding tert-OH is 1. The standard InChI is InChI=1S/C26H25NO5S/c1-4-16-10-12-17(13-11-16)23(28)21-22(19-8-5-9-20(31-2)25(19)32-3)27(26(30)24(21)29)15-18-7-6-14-33-18/h5-14,22,28H,4,15H2,1-3H3/b23-21+. The second-order valence-corrected chi connectivity index (χ2v) is 8.67. The van der Waals surface area contributed by atoms with Crippen molar-refractivity contribution in [2.24, 2.45) is 0 Å². The van der Waals surface area contributed by atoms with Crippen molar-refractivity contribution in [2.45, 2.75) is 25.9 Å². The fourth-order valence-electron chi connectivity index (χ4n) is 4.12. The molecule has 3 aromatic rings. The number of rotatable bonds is 7. The van der Waals surface area contributed by atoms with Crippen LogP contribution in [0.2, 0.25) is 0 Å². The molecule has 0 bridgehead atoms. The van der Waals surface area contributed by atoms with Crippen LogP contribution in [-0.2, 0) is 22.6 Å². The second-order valence-electron chi connectivity index (χ2n) is 7.64.